The first-order chi connectivity index (χ1) is 11.7. The number of aromatic nitrogens is 2. The fourth-order valence-corrected chi connectivity index (χ4v) is 3.28. The molecule has 1 aliphatic rings. The third-order valence-electron chi connectivity index (χ3n) is 4.40. The fourth-order valence-electron chi connectivity index (χ4n) is 3.28. The van der Waals surface area contributed by atoms with Crippen LogP contribution in [0.3, 0.4) is 0 Å². The highest BCUT2D eigenvalue weighted by Gasteiger charge is 2.22. The maximum atomic E-state index is 11.5. The number of carboxylic acid groups (broad SMARTS) is 1. The molecule has 4 rings (SSSR count). The van der Waals surface area contributed by atoms with E-state index in [1.54, 1.807) is 12.3 Å². The molecule has 0 amide bonds. The maximum Gasteiger partial charge on any atom is 0.352 e. The molecule has 120 valence electrons. The van der Waals surface area contributed by atoms with Crippen molar-refractivity contribution in [3.63, 3.8) is 0 Å². The Labute approximate surface area is 139 Å². The summed E-state index contributed by atoms with van der Waals surface area (Å²) in [6.45, 7) is 1.97. The monoisotopic (exact) mass is 319 g/mol. The van der Waals surface area contributed by atoms with Gasteiger partial charge in [0.05, 0.1) is 13.1 Å². The number of benzene rings is 1. The van der Waals surface area contributed by atoms with E-state index in [0.29, 0.717) is 18.8 Å². The molecule has 0 atom stereocenters. The molecule has 1 N–H and O–H groups in total. The van der Waals surface area contributed by atoms with Gasteiger partial charge in [-0.25, -0.2) is 4.79 Å². The third kappa shape index (κ3) is 2.54. The quantitative estimate of drug-likeness (QED) is 0.806. The van der Waals surface area contributed by atoms with Crippen LogP contribution in [-0.2, 0) is 19.6 Å². The Bertz CT molecular complexity index is 887. The molecule has 3 aromatic rings. The van der Waals surface area contributed by atoms with Crippen molar-refractivity contribution in [2.24, 2.45) is 0 Å². The Balaban J connectivity index is 1.78. The lowest BCUT2D eigenvalue weighted by Gasteiger charge is -2.24. The highest BCUT2D eigenvalue weighted by molar-refractivity contribution is 5.86. The SMILES string of the molecule is O=C(O)c1ccc2n1Cc1ccccc1N(Cc1cccnc1)C2. The van der Waals surface area contributed by atoms with Crippen LogP contribution in [0.2, 0.25) is 0 Å². The standard InChI is InChI=1S/C19H17N3O2/c23-19(24)18-8-7-16-13-21(11-14-4-3-9-20-10-14)17-6-2-1-5-15(17)12-22(16)18/h1-10H,11-13H2,(H,23,24). The van der Waals surface area contributed by atoms with Gasteiger partial charge in [0.15, 0.2) is 0 Å². The van der Waals surface area contributed by atoms with Gasteiger partial charge in [0, 0.05) is 30.3 Å². The molecule has 0 radical (unpaired) electrons. The summed E-state index contributed by atoms with van der Waals surface area (Å²) in [5.74, 6) is -0.889. The van der Waals surface area contributed by atoms with Crippen molar-refractivity contribution < 1.29 is 9.90 Å². The third-order valence-corrected chi connectivity index (χ3v) is 4.40. The molecule has 0 aliphatic carbocycles. The van der Waals surface area contributed by atoms with Gasteiger partial charge in [0.25, 0.3) is 0 Å². The number of nitrogens with zero attached hydrogens (tertiary/aromatic N) is 3. The first-order valence-corrected chi connectivity index (χ1v) is 7.86. The molecular formula is C19H17N3O2. The predicted molar refractivity (Wildman–Crippen MR) is 91.1 cm³/mol. The number of para-hydroxylation sites is 1. The molecule has 5 heteroatoms. The average Bonchev–Trinajstić information content (AvgIpc) is 2.92. The highest BCUT2D eigenvalue weighted by Crippen LogP contribution is 2.30. The molecule has 0 saturated heterocycles. The van der Waals surface area contributed by atoms with Gasteiger partial charge < -0.3 is 14.6 Å². The van der Waals surface area contributed by atoms with Gasteiger partial charge in [-0.1, -0.05) is 24.3 Å². The summed E-state index contributed by atoms with van der Waals surface area (Å²) < 4.78 is 1.89. The molecule has 1 aromatic carbocycles. The summed E-state index contributed by atoms with van der Waals surface area (Å²) in [4.78, 5) is 18.0. The van der Waals surface area contributed by atoms with Crippen LogP contribution in [0.15, 0.2) is 60.9 Å². The highest BCUT2D eigenvalue weighted by atomic mass is 16.4. The van der Waals surface area contributed by atoms with Crippen LogP contribution in [0.5, 0.6) is 0 Å². The minimum atomic E-state index is -0.889. The number of anilines is 1. The molecule has 0 spiro atoms. The maximum absolute atomic E-state index is 11.5. The van der Waals surface area contributed by atoms with E-state index in [0.717, 1.165) is 29.1 Å². The van der Waals surface area contributed by atoms with Crippen LogP contribution >= 0.6 is 0 Å². The van der Waals surface area contributed by atoms with E-state index in [-0.39, 0.29) is 0 Å². The number of carbonyl (C=O) groups is 1. The Kier molecular flexibility index (Phi) is 3.54. The number of pyridine rings is 1. The van der Waals surface area contributed by atoms with Gasteiger partial charge in [0.2, 0.25) is 0 Å². The molecule has 24 heavy (non-hydrogen) atoms. The number of hydrogen-bond acceptors (Lipinski definition) is 3. The topological polar surface area (TPSA) is 58.4 Å². The minimum absolute atomic E-state index is 0.336. The van der Waals surface area contributed by atoms with Gasteiger partial charge in [-0.3, -0.25) is 4.98 Å². The Morgan fingerprint density at radius 1 is 1.08 bits per heavy atom. The molecule has 0 unspecified atom stereocenters. The summed E-state index contributed by atoms with van der Waals surface area (Å²) in [6.07, 6.45) is 3.64. The van der Waals surface area contributed by atoms with Crippen LogP contribution in [0.4, 0.5) is 5.69 Å². The van der Waals surface area contributed by atoms with E-state index in [1.807, 2.05) is 35.0 Å². The van der Waals surface area contributed by atoms with Crippen LogP contribution < -0.4 is 4.90 Å². The first kappa shape index (κ1) is 14.5. The number of aromatic carboxylic acids is 1. The van der Waals surface area contributed by atoms with Crippen molar-refractivity contribution in [1.29, 1.82) is 0 Å². The second-order valence-electron chi connectivity index (χ2n) is 5.95. The molecule has 0 fully saturated rings. The van der Waals surface area contributed by atoms with Gasteiger partial charge >= 0.3 is 5.97 Å². The molecular weight excluding hydrogens is 302 g/mol. The van der Waals surface area contributed by atoms with Gasteiger partial charge in [0.1, 0.15) is 5.69 Å². The van der Waals surface area contributed by atoms with Crippen LogP contribution in [0.1, 0.15) is 27.3 Å². The van der Waals surface area contributed by atoms with Crippen molar-refractivity contribution in [2.45, 2.75) is 19.6 Å². The molecule has 0 saturated carbocycles. The second kappa shape index (κ2) is 5.85. The lowest BCUT2D eigenvalue weighted by atomic mass is 10.1. The minimum Gasteiger partial charge on any atom is -0.477 e. The smallest absolute Gasteiger partial charge is 0.352 e. The number of fused-ring (bicyclic) bond motifs is 2. The van der Waals surface area contributed by atoms with Crippen molar-refractivity contribution >= 4 is 11.7 Å². The van der Waals surface area contributed by atoms with Gasteiger partial charge in [-0.05, 0) is 35.4 Å². The average molecular weight is 319 g/mol. The van der Waals surface area contributed by atoms with E-state index in [9.17, 15) is 9.90 Å². The van der Waals surface area contributed by atoms with Gasteiger partial charge in [-0.15, -0.1) is 0 Å². The predicted octanol–water partition coefficient (Wildman–Crippen LogP) is 3.15. The van der Waals surface area contributed by atoms with Crippen molar-refractivity contribution in [1.82, 2.24) is 9.55 Å². The summed E-state index contributed by atoms with van der Waals surface area (Å²) >= 11 is 0. The summed E-state index contributed by atoms with van der Waals surface area (Å²) in [7, 11) is 0. The molecule has 5 nitrogen and oxygen atoms in total. The summed E-state index contributed by atoms with van der Waals surface area (Å²) in [5.41, 5.74) is 4.74. The largest absolute Gasteiger partial charge is 0.477 e. The number of carboxylic acids is 1. The van der Waals surface area contributed by atoms with E-state index in [2.05, 4.69) is 28.1 Å². The second-order valence-corrected chi connectivity index (χ2v) is 5.95. The Hall–Kier alpha value is -3.08. The Morgan fingerprint density at radius 2 is 1.96 bits per heavy atom. The lowest BCUT2D eigenvalue weighted by Crippen LogP contribution is -2.22. The van der Waals surface area contributed by atoms with E-state index < -0.39 is 5.97 Å². The normalized spacial score (nSPS) is 13.1. The van der Waals surface area contributed by atoms with E-state index in [1.165, 1.54) is 0 Å². The number of rotatable bonds is 3. The lowest BCUT2D eigenvalue weighted by molar-refractivity contribution is 0.0685. The number of hydrogen-bond donors (Lipinski definition) is 1. The van der Waals surface area contributed by atoms with Crippen molar-refractivity contribution in [3.05, 3.63) is 83.4 Å². The zero-order valence-electron chi connectivity index (χ0n) is 13.1. The Morgan fingerprint density at radius 3 is 2.75 bits per heavy atom. The molecule has 0 bridgehead atoms. The fraction of sp³-hybridized carbons (Fsp3) is 0.158. The molecule has 1 aliphatic heterocycles. The molecule has 3 heterocycles. The van der Waals surface area contributed by atoms with Gasteiger partial charge in [-0.2, -0.15) is 0 Å². The van der Waals surface area contributed by atoms with Crippen LogP contribution in [-0.4, -0.2) is 20.6 Å². The summed E-state index contributed by atoms with van der Waals surface area (Å²) in [6, 6.07) is 15.8. The van der Waals surface area contributed by atoms with E-state index >= 15 is 0 Å². The zero-order chi connectivity index (χ0) is 16.5. The van der Waals surface area contributed by atoms with E-state index in [4.69, 9.17) is 0 Å². The zero-order valence-corrected chi connectivity index (χ0v) is 13.1. The van der Waals surface area contributed by atoms with Crippen molar-refractivity contribution in [2.75, 3.05) is 4.90 Å². The van der Waals surface area contributed by atoms with Crippen molar-refractivity contribution in [3.8, 4) is 0 Å². The first-order valence-electron chi connectivity index (χ1n) is 7.86. The van der Waals surface area contributed by atoms with Crippen LogP contribution in [0, 0.1) is 0 Å². The molecule has 2 aromatic heterocycles. The summed E-state index contributed by atoms with van der Waals surface area (Å²) in [5, 5.41) is 9.43. The van der Waals surface area contributed by atoms with Crippen LogP contribution in [0.25, 0.3) is 0 Å².